The van der Waals surface area contributed by atoms with E-state index in [4.69, 9.17) is 30.5 Å². The first-order valence-electron chi connectivity index (χ1n) is 10.4. The third-order valence-electron chi connectivity index (χ3n) is 4.48. The van der Waals surface area contributed by atoms with E-state index in [1.165, 1.54) is 32.4 Å². The van der Waals surface area contributed by atoms with Gasteiger partial charge in [0, 0.05) is 12.1 Å². The second-order valence-corrected chi connectivity index (χ2v) is 9.92. The summed E-state index contributed by atoms with van der Waals surface area (Å²) < 4.78 is 36.9. The van der Waals surface area contributed by atoms with Gasteiger partial charge in [0.1, 0.15) is 28.8 Å². The summed E-state index contributed by atoms with van der Waals surface area (Å²) in [6.07, 6.45) is 0.542. The minimum absolute atomic E-state index is 0. The van der Waals surface area contributed by atoms with Crippen molar-refractivity contribution >= 4 is 105 Å². The van der Waals surface area contributed by atoms with Gasteiger partial charge in [-0.1, -0.05) is 37.3 Å². The van der Waals surface area contributed by atoms with Crippen LogP contribution in [0.25, 0.3) is 0 Å². The third kappa shape index (κ3) is 18.6. The molecule has 0 saturated carbocycles. The molecule has 0 fully saturated rings. The molecule has 0 N–H and O–H groups in total. The summed E-state index contributed by atoms with van der Waals surface area (Å²) in [6, 6.07) is 11.2. The molecule has 0 saturated heterocycles. The van der Waals surface area contributed by atoms with Crippen LogP contribution in [0.5, 0.6) is 23.0 Å². The molecule has 5 nitrogen and oxygen atoms in total. The van der Waals surface area contributed by atoms with Crippen molar-refractivity contribution in [1.82, 2.24) is 0 Å². The molecular formula is C27H31Br3Cl4FLiMg2O5. The SMILES string of the molecule is C.COc1cc(OC)c(Br)cc1Br.COc1cc(OC)c(C([O-])c2cccc(Cl)c2F)cc1Br.C[CH-]C.[Cl-].[Cl-].[Cl-].[Li+].[Mg+2].[Mg+2]. The van der Waals surface area contributed by atoms with E-state index in [9.17, 15) is 9.50 Å². The Hall–Kier alpha value is 1.48. The summed E-state index contributed by atoms with van der Waals surface area (Å²) in [7, 11) is 6.18. The molecule has 1 atom stereocenters. The molecule has 0 heterocycles. The van der Waals surface area contributed by atoms with Crippen molar-refractivity contribution in [1.29, 1.82) is 0 Å². The van der Waals surface area contributed by atoms with Gasteiger partial charge in [0.25, 0.3) is 0 Å². The number of methoxy groups -OCH3 is 4. The molecule has 16 heteroatoms. The molecule has 3 aromatic rings. The first kappa shape index (κ1) is 59.9. The van der Waals surface area contributed by atoms with Crippen molar-refractivity contribution in [3.63, 3.8) is 0 Å². The maximum Gasteiger partial charge on any atom is 2.00 e. The Labute approximate surface area is 348 Å². The molecule has 1 unspecified atom stereocenters. The van der Waals surface area contributed by atoms with Crippen LogP contribution in [-0.2, 0) is 0 Å². The molecular weight excluding hydrogens is 860 g/mol. The van der Waals surface area contributed by atoms with Gasteiger partial charge in [-0.3, -0.25) is 0 Å². The predicted octanol–water partition coefficient (Wildman–Crippen LogP) is -3.94. The number of hydrogen-bond acceptors (Lipinski definition) is 5. The van der Waals surface area contributed by atoms with Gasteiger partial charge in [-0.05, 0) is 77.1 Å². The second-order valence-electron chi connectivity index (χ2n) is 6.95. The number of hydrogen-bond donors (Lipinski definition) is 0. The minimum Gasteiger partial charge on any atom is -1.00 e. The van der Waals surface area contributed by atoms with E-state index in [2.05, 4.69) is 47.8 Å². The summed E-state index contributed by atoms with van der Waals surface area (Å²) >= 11 is 15.7. The second kappa shape index (κ2) is 32.0. The Morgan fingerprint density at radius 1 is 0.721 bits per heavy atom. The minimum atomic E-state index is -1.46. The fraction of sp³-hybridized carbons (Fsp3) is 0.296. The number of benzene rings is 3. The Morgan fingerprint density at radius 2 is 1.07 bits per heavy atom. The topological polar surface area (TPSA) is 60.0 Å². The van der Waals surface area contributed by atoms with Gasteiger partial charge in [-0.25, -0.2) is 4.39 Å². The Morgan fingerprint density at radius 3 is 1.44 bits per heavy atom. The zero-order valence-electron chi connectivity index (χ0n) is 24.2. The fourth-order valence-electron chi connectivity index (χ4n) is 2.80. The van der Waals surface area contributed by atoms with E-state index in [0.717, 1.165) is 20.4 Å². The van der Waals surface area contributed by atoms with Gasteiger partial charge in [-0.2, -0.15) is 13.8 Å². The van der Waals surface area contributed by atoms with Gasteiger partial charge in [0.2, 0.25) is 0 Å². The standard InChI is InChI=1S/C15H12BrClFO3.C8H8Br2O2.C3H7.CH4.3ClH.Li.2Mg/c1-20-12-7-13(21-2)10(16)6-9(12)15(19)8-4-3-5-11(17)14(8)18;1-11-7-4-8(12-2)6(10)3-5(7)9;1-3-2;;;;;;;/h3-7,15H,1-2H3;3-4H,1-2H3;3H,1-2H3;1H4;3*1H;;;/q-1;;-1;;;;;+1;2*+2/p-3. The van der Waals surface area contributed by atoms with Crippen molar-refractivity contribution < 1.29 is 84.5 Å². The molecule has 3 rings (SSSR count). The van der Waals surface area contributed by atoms with E-state index < -0.39 is 11.9 Å². The van der Waals surface area contributed by atoms with Crippen molar-refractivity contribution in [3.8, 4) is 23.0 Å². The monoisotopic (exact) mass is 886 g/mol. The summed E-state index contributed by atoms with van der Waals surface area (Å²) in [4.78, 5) is 0. The maximum absolute atomic E-state index is 14.0. The van der Waals surface area contributed by atoms with Gasteiger partial charge in [0.05, 0.1) is 46.9 Å². The average molecular weight is 892 g/mol. The summed E-state index contributed by atoms with van der Waals surface area (Å²) in [5.74, 6) is 1.65. The summed E-state index contributed by atoms with van der Waals surface area (Å²) in [5, 5.41) is 12.5. The molecule has 0 aliphatic heterocycles. The van der Waals surface area contributed by atoms with Crippen LogP contribution >= 0.6 is 59.4 Å². The van der Waals surface area contributed by atoms with E-state index in [1.54, 1.807) is 26.4 Å². The van der Waals surface area contributed by atoms with E-state index in [-0.39, 0.29) is 120 Å². The Bertz CT molecular complexity index is 1140. The van der Waals surface area contributed by atoms with Gasteiger partial charge < -0.3 is 67.7 Å². The Kier molecular flexibility index (Phi) is 44.6. The van der Waals surface area contributed by atoms with Crippen LogP contribution in [-0.4, -0.2) is 74.5 Å². The number of rotatable bonds is 6. The molecule has 230 valence electrons. The third-order valence-corrected chi connectivity index (χ3v) is 6.63. The molecule has 0 amide bonds. The van der Waals surface area contributed by atoms with Crippen molar-refractivity contribution in [2.75, 3.05) is 28.4 Å². The van der Waals surface area contributed by atoms with Crippen molar-refractivity contribution in [2.45, 2.75) is 27.4 Å². The largest absolute Gasteiger partial charge is 2.00 e. The van der Waals surface area contributed by atoms with Crippen LogP contribution in [0.15, 0.2) is 55.9 Å². The maximum atomic E-state index is 14.0. The Balaban J connectivity index is -0.000000103. The molecule has 0 spiro atoms. The van der Waals surface area contributed by atoms with Crippen LogP contribution in [0.2, 0.25) is 5.02 Å². The zero-order chi connectivity index (χ0) is 27.4. The van der Waals surface area contributed by atoms with Crippen LogP contribution in [0.4, 0.5) is 4.39 Å². The molecule has 0 aliphatic carbocycles. The quantitative estimate of drug-likeness (QED) is 0.187. The van der Waals surface area contributed by atoms with Crippen LogP contribution < -0.4 is 80.1 Å². The van der Waals surface area contributed by atoms with Crippen molar-refractivity contribution in [2.24, 2.45) is 0 Å². The van der Waals surface area contributed by atoms with Gasteiger partial charge in [-0.15, -0.1) is 0 Å². The van der Waals surface area contributed by atoms with Gasteiger partial charge in [0.15, 0.2) is 0 Å². The first-order valence-corrected chi connectivity index (χ1v) is 13.2. The van der Waals surface area contributed by atoms with Crippen LogP contribution in [0.3, 0.4) is 0 Å². The molecule has 0 aliphatic rings. The predicted molar refractivity (Wildman–Crippen MR) is 169 cm³/mol. The van der Waals surface area contributed by atoms with E-state index >= 15 is 0 Å². The molecule has 0 radical (unpaired) electrons. The van der Waals surface area contributed by atoms with E-state index in [0.29, 0.717) is 21.5 Å². The van der Waals surface area contributed by atoms with Crippen LogP contribution in [0, 0.1) is 12.2 Å². The average Bonchev–Trinajstić information content (AvgIpc) is 2.86. The normalized spacial score (nSPS) is 9.02. The number of ether oxygens (including phenoxy) is 4. The van der Waals surface area contributed by atoms with E-state index in [1.807, 2.05) is 32.4 Å². The van der Waals surface area contributed by atoms with Gasteiger partial charge >= 0.3 is 65.0 Å². The van der Waals surface area contributed by atoms with Crippen LogP contribution in [0.1, 0.15) is 38.5 Å². The summed E-state index contributed by atoms with van der Waals surface area (Å²) in [5.41, 5.74) is 0.268. The number of halogens is 8. The molecule has 43 heavy (non-hydrogen) atoms. The molecule has 0 bridgehead atoms. The fourth-order valence-corrected chi connectivity index (χ4v) is 4.82. The molecule has 3 aromatic carbocycles. The smallest absolute Gasteiger partial charge is 1.00 e. The first-order chi connectivity index (χ1) is 17.1. The summed E-state index contributed by atoms with van der Waals surface area (Å²) in [6.45, 7) is 4.00. The molecule has 0 aromatic heterocycles. The van der Waals surface area contributed by atoms with Crippen molar-refractivity contribution in [3.05, 3.63) is 84.3 Å². The zero-order valence-corrected chi connectivity index (χ0v) is 34.8.